The Labute approximate surface area is 109 Å². The van der Waals surface area contributed by atoms with Crippen LogP contribution in [0.25, 0.3) is 0 Å². The van der Waals surface area contributed by atoms with Crippen molar-refractivity contribution in [1.29, 1.82) is 0 Å². The highest BCUT2D eigenvalue weighted by atomic mass is 16.4. The van der Waals surface area contributed by atoms with Crippen LogP contribution in [0, 0.1) is 0 Å². The van der Waals surface area contributed by atoms with Crippen LogP contribution >= 0.6 is 0 Å². The van der Waals surface area contributed by atoms with Gasteiger partial charge >= 0.3 is 5.97 Å². The van der Waals surface area contributed by atoms with Crippen LogP contribution in [0.1, 0.15) is 12.5 Å². The molecule has 2 N–H and O–H groups in total. The van der Waals surface area contributed by atoms with E-state index in [2.05, 4.69) is 17.4 Å². The second kappa shape index (κ2) is 6.52. The van der Waals surface area contributed by atoms with Gasteiger partial charge in [0, 0.05) is 13.1 Å². The van der Waals surface area contributed by atoms with Gasteiger partial charge in [-0.2, -0.15) is 0 Å². The number of nitrogens with zero attached hydrogens (tertiary/aromatic N) is 1. The molecule has 0 bridgehead atoms. The molecule has 1 atom stereocenters. The first-order valence-corrected chi connectivity index (χ1v) is 6.13. The zero-order chi connectivity index (χ0) is 13.6. The van der Waals surface area contributed by atoms with Crippen molar-refractivity contribution in [3.8, 4) is 0 Å². The Morgan fingerprint density at radius 2 is 2.00 bits per heavy atom. The first-order valence-electron chi connectivity index (χ1n) is 6.13. The van der Waals surface area contributed by atoms with Gasteiger partial charge in [-0.3, -0.25) is 4.79 Å². The van der Waals surface area contributed by atoms with Crippen LogP contribution in [0.5, 0.6) is 0 Å². The number of carboxylic acids is 1. The van der Waals surface area contributed by atoms with Crippen molar-refractivity contribution in [2.24, 2.45) is 0 Å². The van der Waals surface area contributed by atoms with Crippen LogP contribution in [0.15, 0.2) is 30.3 Å². The monoisotopic (exact) mass is 250 g/mol. The number of benzene rings is 1. The summed E-state index contributed by atoms with van der Waals surface area (Å²) < 4.78 is 0. The molecule has 0 fully saturated rings. The summed E-state index contributed by atoms with van der Waals surface area (Å²) in [6.45, 7) is 3.02. The quantitative estimate of drug-likeness (QED) is 0.764. The molecule has 1 aromatic rings. The first kappa shape index (κ1) is 14.7. The molecule has 100 valence electrons. The zero-order valence-electron chi connectivity index (χ0n) is 11.3. The van der Waals surface area contributed by atoms with E-state index in [1.807, 2.05) is 30.1 Å². The second-order valence-corrected chi connectivity index (χ2v) is 4.86. The fourth-order valence-electron chi connectivity index (χ4n) is 1.84. The third kappa shape index (κ3) is 4.13. The van der Waals surface area contributed by atoms with Gasteiger partial charge in [-0.05, 0) is 33.0 Å². The maximum Gasteiger partial charge on any atom is 0.324 e. The summed E-state index contributed by atoms with van der Waals surface area (Å²) in [6.07, 6.45) is 0.927. The molecule has 4 nitrogen and oxygen atoms in total. The molecule has 4 heteroatoms. The van der Waals surface area contributed by atoms with Crippen molar-refractivity contribution in [2.45, 2.75) is 18.9 Å². The third-order valence-corrected chi connectivity index (χ3v) is 3.23. The second-order valence-electron chi connectivity index (χ2n) is 4.86. The number of carbonyl (C=O) groups is 1. The maximum absolute atomic E-state index is 11.2. The van der Waals surface area contributed by atoms with Crippen molar-refractivity contribution in [3.63, 3.8) is 0 Å². The van der Waals surface area contributed by atoms with Gasteiger partial charge in [-0.15, -0.1) is 0 Å². The molecule has 0 spiro atoms. The summed E-state index contributed by atoms with van der Waals surface area (Å²) >= 11 is 0. The average molecular weight is 250 g/mol. The summed E-state index contributed by atoms with van der Waals surface area (Å²) in [6, 6.07) is 10.2. The Bertz CT molecular complexity index is 381. The Morgan fingerprint density at radius 3 is 2.50 bits per heavy atom. The van der Waals surface area contributed by atoms with E-state index in [1.165, 1.54) is 5.56 Å². The molecular formula is C14H22N2O2. The highest BCUT2D eigenvalue weighted by Crippen LogP contribution is 2.07. The lowest BCUT2D eigenvalue weighted by molar-refractivity contribution is -0.144. The van der Waals surface area contributed by atoms with Crippen LogP contribution in [0.2, 0.25) is 0 Å². The van der Waals surface area contributed by atoms with Gasteiger partial charge in [0.2, 0.25) is 0 Å². The van der Waals surface area contributed by atoms with Crippen LogP contribution in [-0.4, -0.2) is 48.7 Å². The Balaban J connectivity index is 2.47. The number of carboxylic acid groups (broad SMARTS) is 1. The van der Waals surface area contributed by atoms with E-state index >= 15 is 0 Å². The molecule has 0 saturated carbocycles. The predicted octanol–water partition coefficient (Wildman–Crippen LogP) is 1.22. The molecule has 0 aliphatic rings. The molecule has 0 saturated heterocycles. The molecule has 1 rings (SSSR count). The van der Waals surface area contributed by atoms with E-state index in [0.29, 0.717) is 6.54 Å². The molecule has 18 heavy (non-hydrogen) atoms. The van der Waals surface area contributed by atoms with Crippen molar-refractivity contribution in [2.75, 3.05) is 27.2 Å². The minimum absolute atomic E-state index is 0.478. The number of rotatable bonds is 7. The van der Waals surface area contributed by atoms with E-state index in [4.69, 9.17) is 0 Å². The van der Waals surface area contributed by atoms with Gasteiger partial charge in [0.15, 0.2) is 0 Å². The van der Waals surface area contributed by atoms with E-state index in [0.717, 1.165) is 13.0 Å². The van der Waals surface area contributed by atoms with Gasteiger partial charge in [-0.25, -0.2) is 0 Å². The number of hydrogen-bond donors (Lipinski definition) is 2. The highest BCUT2D eigenvalue weighted by molar-refractivity contribution is 5.78. The van der Waals surface area contributed by atoms with Crippen LogP contribution in [0.3, 0.4) is 0 Å². The number of nitrogens with one attached hydrogen (secondary N) is 1. The van der Waals surface area contributed by atoms with Crippen molar-refractivity contribution in [3.05, 3.63) is 35.9 Å². The van der Waals surface area contributed by atoms with E-state index in [9.17, 15) is 9.90 Å². The van der Waals surface area contributed by atoms with Crippen molar-refractivity contribution < 1.29 is 9.90 Å². The Morgan fingerprint density at radius 1 is 1.39 bits per heavy atom. The van der Waals surface area contributed by atoms with Crippen LogP contribution < -0.4 is 5.32 Å². The summed E-state index contributed by atoms with van der Waals surface area (Å²) in [4.78, 5) is 13.2. The van der Waals surface area contributed by atoms with Gasteiger partial charge in [0.1, 0.15) is 5.54 Å². The Kier molecular flexibility index (Phi) is 5.31. The summed E-state index contributed by atoms with van der Waals surface area (Å²) in [7, 11) is 3.63. The lowest BCUT2D eigenvalue weighted by Gasteiger charge is -2.29. The molecule has 0 heterocycles. The number of likely N-dealkylation sites (N-methyl/N-ethyl adjacent to an activating group) is 2. The van der Waals surface area contributed by atoms with Gasteiger partial charge in [0.25, 0.3) is 0 Å². The average Bonchev–Trinajstić information content (AvgIpc) is 2.37. The SMILES string of the molecule is CNC(C)(CN(C)CCc1ccccc1)C(=O)O. The minimum atomic E-state index is -0.897. The van der Waals surface area contributed by atoms with Gasteiger partial charge in [-0.1, -0.05) is 30.3 Å². The minimum Gasteiger partial charge on any atom is -0.480 e. The van der Waals surface area contributed by atoms with Crippen molar-refractivity contribution >= 4 is 5.97 Å². The predicted molar refractivity (Wildman–Crippen MR) is 72.7 cm³/mol. The summed E-state index contributed by atoms with van der Waals surface area (Å²) in [5.41, 5.74) is 0.372. The lowest BCUT2D eigenvalue weighted by Crippen LogP contribution is -2.55. The largest absolute Gasteiger partial charge is 0.480 e. The molecule has 0 aliphatic carbocycles. The maximum atomic E-state index is 11.2. The summed E-state index contributed by atoms with van der Waals surface area (Å²) in [5.74, 6) is -0.823. The van der Waals surface area contributed by atoms with E-state index in [1.54, 1.807) is 14.0 Å². The van der Waals surface area contributed by atoms with Crippen molar-refractivity contribution in [1.82, 2.24) is 10.2 Å². The van der Waals surface area contributed by atoms with E-state index < -0.39 is 11.5 Å². The lowest BCUT2D eigenvalue weighted by atomic mass is 10.0. The van der Waals surface area contributed by atoms with Gasteiger partial charge < -0.3 is 15.3 Å². The first-order chi connectivity index (χ1) is 8.48. The Hall–Kier alpha value is -1.39. The molecular weight excluding hydrogens is 228 g/mol. The smallest absolute Gasteiger partial charge is 0.324 e. The normalized spacial score (nSPS) is 14.4. The molecule has 0 aromatic heterocycles. The molecule has 0 amide bonds. The fourth-order valence-corrected chi connectivity index (χ4v) is 1.84. The topological polar surface area (TPSA) is 52.6 Å². The molecule has 0 aliphatic heterocycles. The highest BCUT2D eigenvalue weighted by Gasteiger charge is 2.32. The van der Waals surface area contributed by atoms with Crippen LogP contribution in [-0.2, 0) is 11.2 Å². The van der Waals surface area contributed by atoms with Gasteiger partial charge in [0.05, 0.1) is 0 Å². The third-order valence-electron chi connectivity index (χ3n) is 3.23. The number of aliphatic carboxylic acids is 1. The number of hydrogen-bond acceptors (Lipinski definition) is 3. The summed E-state index contributed by atoms with van der Waals surface area (Å²) in [5, 5.41) is 12.0. The molecule has 1 aromatic carbocycles. The van der Waals surface area contributed by atoms with Crippen LogP contribution in [0.4, 0.5) is 0 Å². The molecule has 1 unspecified atom stereocenters. The fraction of sp³-hybridized carbons (Fsp3) is 0.500. The zero-order valence-corrected chi connectivity index (χ0v) is 11.3. The van der Waals surface area contributed by atoms with E-state index in [-0.39, 0.29) is 0 Å². The standard InChI is InChI=1S/C14H22N2O2/c1-14(15-2,13(17)18)11-16(3)10-9-12-7-5-4-6-8-12/h4-8,15H,9-11H2,1-3H3,(H,17,18). The molecule has 0 radical (unpaired) electrons.